The lowest BCUT2D eigenvalue weighted by Gasteiger charge is -2.43. The van der Waals surface area contributed by atoms with Crippen LogP contribution in [0.15, 0.2) is 35.4 Å². The van der Waals surface area contributed by atoms with Crippen LogP contribution in [0.25, 0.3) is 0 Å². The summed E-state index contributed by atoms with van der Waals surface area (Å²) in [5, 5.41) is 3.84. The molecule has 2 aliphatic rings. The van der Waals surface area contributed by atoms with Gasteiger partial charge in [-0.2, -0.15) is 26.3 Å². The molecular weight excluding hydrogens is 550 g/mol. The summed E-state index contributed by atoms with van der Waals surface area (Å²) in [6.07, 6.45) is -8.63. The molecule has 0 saturated carbocycles. The summed E-state index contributed by atoms with van der Waals surface area (Å²) in [6, 6.07) is 5.28. The number of anilines is 1. The van der Waals surface area contributed by atoms with E-state index >= 15 is 0 Å². The van der Waals surface area contributed by atoms with Gasteiger partial charge in [0.05, 0.1) is 30.4 Å². The molecular formula is C28H36F6N6O. The van der Waals surface area contributed by atoms with Crippen molar-refractivity contribution < 1.29 is 31.1 Å². The number of nitrogens with zero attached hydrogens (tertiary/aromatic N) is 3. The molecule has 2 aromatic rings. The Hall–Kier alpha value is -3.19. The van der Waals surface area contributed by atoms with Crippen LogP contribution in [0, 0.1) is 19.3 Å². The lowest BCUT2D eigenvalue weighted by atomic mass is 9.87. The molecule has 41 heavy (non-hydrogen) atoms. The predicted octanol–water partition coefficient (Wildman–Crippen LogP) is 5.47. The highest BCUT2D eigenvalue weighted by atomic mass is 19.4. The third-order valence-electron chi connectivity index (χ3n) is 7.54. The standard InChI is InChI=1S/C28H36F6N6O/c1-17-8-18(2)24-22(9-17)23(6-5-7-39(24)14-26(3)15-41-16-26)40(25(37-35)38-36-4)13-19-10-20(27(29,30)31)12-21(11-19)28(32,33)34/h8-12,23,36H,5-7,13-16,35H2,1-4H3,(H,37,38). The zero-order valence-corrected chi connectivity index (χ0v) is 23.5. The smallest absolute Gasteiger partial charge is 0.380 e. The minimum absolute atomic E-state index is 0.0162. The van der Waals surface area contributed by atoms with E-state index in [4.69, 9.17) is 10.6 Å². The molecule has 0 aromatic heterocycles. The highest BCUT2D eigenvalue weighted by Gasteiger charge is 2.40. The number of nitrogens with one attached hydrogen (secondary N) is 2. The molecule has 0 amide bonds. The largest absolute Gasteiger partial charge is 0.416 e. The maximum Gasteiger partial charge on any atom is 0.416 e. The number of hydrogen-bond donors (Lipinski definition) is 3. The van der Waals surface area contributed by atoms with Crippen LogP contribution in [0.1, 0.15) is 59.2 Å². The van der Waals surface area contributed by atoms with Crippen molar-refractivity contribution in [2.75, 3.05) is 38.3 Å². The number of ether oxygens (including phenoxy) is 1. The number of benzene rings is 2. The second kappa shape index (κ2) is 11.6. The zero-order chi connectivity index (χ0) is 30.2. The summed E-state index contributed by atoms with van der Waals surface area (Å²) in [4.78, 5) is 3.96. The fourth-order valence-electron chi connectivity index (χ4n) is 5.84. The normalized spacial score (nSPS) is 19.3. The number of fused-ring (bicyclic) bond motifs is 1. The van der Waals surface area contributed by atoms with Gasteiger partial charge in [0.1, 0.15) is 0 Å². The Balaban J connectivity index is 1.84. The average molecular weight is 587 g/mol. The van der Waals surface area contributed by atoms with Crippen LogP contribution in [-0.4, -0.2) is 44.2 Å². The maximum absolute atomic E-state index is 13.7. The molecule has 4 rings (SSSR count). The van der Waals surface area contributed by atoms with E-state index in [1.54, 1.807) is 11.9 Å². The highest BCUT2D eigenvalue weighted by molar-refractivity contribution is 5.80. The SMILES string of the molecule is CNN/C(=N\N)N(Cc1cc(C(F)(F)F)cc(C(F)(F)F)c1)C1CCCN(CC2(C)COC2)c2c(C)cc(C)cc21. The molecule has 1 saturated heterocycles. The van der Waals surface area contributed by atoms with Crippen LogP contribution in [0.5, 0.6) is 0 Å². The van der Waals surface area contributed by atoms with Crippen molar-refractivity contribution in [3.63, 3.8) is 0 Å². The van der Waals surface area contributed by atoms with Gasteiger partial charge in [-0.3, -0.25) is 5.43 Å². The summed E-state index contributed by atoms with van der Waals surface area (Å²) in [5.74, 6) is 5.82. The van der Waals surface area contributed by atoms with Crippen molar-refractivity contribution >= 4 is 11.6 Å². The van der Waals surface area contributed by atoms with E-state index < -0.39 is 29.5 Å². The van der Waals surface area contributed by atoms with E-state index in [0.717, 1.165) is 54.0 Å². The van der Waals surface area contributed by atoms with Gasteiger partial charge in [0, 0.05) is 37.8 Å². The van der Waals surface area contributed by atoms with Gasteiger partial charge >= 0.3 is 12.4 Å². The topological polar surface area (TPSA) is 78.1 Å². The number of hydrogen-bond acceptors (Lipinski definition) is 5. The lowest BCUT2D eigenvalue weighted by molar-refractivity contribution is -0.143. The maximum atomic E-state index is 13.7. The van der Waals surface area contributed by atoms with Crippen LogP contribution < -0.4 is 21.6 Å². The molecule has 0 aliphatic carbocycles. The van der Waals surface area contributed by atoms with Crippen LogP contribution in [0.3, 0.4) is 0 Å². The monoisotopic (exact) mass is 586 g/mol. The van der Waals surface area contributed by atoms with Crippen LogP contribution in [0.4, 0.5) is 32.0 Å². The highest BCUT2D eigenvalue weighted by Crippen LogP contribution is 2.43. The lowest BCUT2D eigenvalue weighted by Crippen LogP contribution is -2.49. The van der Waals surface area contributed by atoms with Gasteiger partial charge in [0.25, 0.3) is 0 Å². The van der Waals surface area contributed by atoms with Gasteiger partial charge in [0.2, 0.25) is 5.96 Å². The van der Waals surface area contributed by atoms with Gasteiger partial charge in [-0.1, -0.05) is 24.6 Å². The summed E-state index contributed by atoms with van der Waals surface area (Å²) >= 11 is 0. The van der Waals surface area contributed by atoms with Crippen molar-refractivity contribution in [2.24, 2.45) is 16.4 Å². The van der Waals surface area contributed by atoms with Gasteiger partial charge in [-0.05, 0) is 61.6 Å². The summed E-state index contributed by atoms with van der Waals surface area (Å²) in [7, 11) is 1.56. The van der Waals surface area contributed by atoms with Crippen molar-refractivity contribution in [1.29, 1.82) is 0 Å². The van der Waals surface area contributed by atoms with Crippen molar-refractivity contribution in [2.45, 2.75) is 58.6 Å². The Morgan fingerprint density at radius 3 is 2.22 bits per heavy atom. The minimum Gasteiger partial charge on any atom is -0.380 e. The molecule has 13 heteroatoms. The molecule has 226 valence electrons. The molecule has 1 unspecified atom stereocenters. The Kier molecular flexibility index (Phi) is 8.70. The van der Waals surface area contributed by atoms with Gasteiger partial charge in [-0.25, -0.2) is 5.43 Å². The first-order valence-electron chi connectivity index (χ1n) is 13.3. The number of halogens is 6. The number of guanidine groups is 1. The predicted molar refractivity (Wildman–Crippen MR) is 145 cm³/mol. The Morgan fingerprint density at radius 1 is 1.07 bits per heavy atom. The fourth-order valence-corrected chi connectivity index (χ4v) is 5.84. The number of aryl methyl sites for hydroxylation is 2. The van der Waals surface area contributed by atoms with Gasteiger partial charge < -0.3 is 20.4 Å². The number of hydrazine groups is 1. The number of rotatable bonds is 6. The van der Waals surface area contributed by atoms with E-state index in [9.17, 15) is 26.3 Å². The van der Waals surface area contributed by atoms with Crippen molar-refractivity contribution in [1.82, 2.24) is 15.8 Å². The van der Waals surface area contributed by atoms with E-state index in [-0.39, 0.29) is 29.5 Å². The quantitative estimate of drug-likeness (QED) is 0.137. The molecule has 2 aromatic carbocycles. The third-order valence-corrected chi connectivity index (χ3v) is 7.54. The fraction of sp³-hybridized carbons (Fsp3) is 0.536. The molecule has 0 spiro atoms. The first-order valence-corrected chi connectivity index (χ1v) is 13.3. The summed E-state index contributed by atoms with van der Waals surface area (Å²) in [5.41, 5.74) is 6.53. The molecule has 4 N–H and O–H groups in total. The molecule has 0 bridgehead atoms. The van der Waals surface area contributed by atoms with Crippen LogP contribution in [0.2, 0.25) is 0 Å². The Labute approximate surface area is 235 Å². The van der Waals surface area contributed by atoms with Crippen LogP contribution >= 0.6 is 0 Å². The number of hydrazone groups is 1. The van der Waals surface area contributed by atoms with Crippen molar-refractivity contribution in [3.05, 3.63) is 63.7 Å². The third kappa shape index (κ3) is 6.83. The minimum atomic E-state index is -4.96. The molecule has 7 nitrogen and oxygen atoms in total. The number of alkyl halides is 6. The molecule has 1 atom stereocenters. The van der Waals surface area contributed by atoms with Crippen molar-refractivity contribution in [3.8, 4) is 0 Å². The average Bonchev–Trinajstić information content (AvgIpc) is 3.03. The second-order valence-electron chi connectivity index (χ2n) is 11.3. The first kappa shape index (κ1) is 30.8. The molecule has 2 aliphatic heterocycles. The van der Waals surface area contributed by atoms with Gasteiger partial charge in [0.15, 0.2) is 0 Å². The Morgan fingerprint density at radius 2 is 1.71 bits per heavy atom. The first-order chi connectivity index (χ1) is 19.1. The zero-order valence-electron chi connectivity index (χ0n) is 23.5. The van der Waals surface area contributed by atoms with E-state index in [2.05, 4.69) is 33.8 Å². The Bertz CT molecular complexity index is 1240. The summed E-state index contributed by atoms with van der Waals surface area (Å²) < 4.78 is 87.5. The van der Waals surface area contributed by atoms with E-state index in [0.29, 0.717) is 19.6 Å². The summed E-state index contributed by atoms with van der Waals surface area (Å²) in [6.45, 7) is 8.60. The van der Waals surface area contributed by atoms with E-state index in [1.807, 2.05) is 19.9 Å². The van der Waals surface area contributed by atoms with Gasteiger partial charge in [-0.15, -0.1) is 5.10 Å². The van der Waals surface area contributed by atoms with Crippen LogP contribution in [-0.2, 0) is 23.6 Å². The van der Waals surface area contributed by atoms with E-state index in [1.165, 1.54) is 0 Å². The number of nitrogens with two attached hydrogens (primary N) is 1. The molecule has 1 fully saturated rings. The molecule has 0 radical (unpaired) electrons. The second-order valence-corrected chi connectivity index (χ2v) is 11.3. The molecule has 2 heterocycles.